The van der Waals surface area contributed by atoms with Gasteiger partial charge in [-0.3, -0.25) is 14.4 Å². The molecule has 0 aromatic heterocycles. The molecule has 0 spiro atoms. The van der Waals surface area contributed by atoms with Crippen LogP contribution in [0.1, 0.15) is 156 Å². The Morgan fingerprint density at radius 1 is 0.383 bits per heavy atom. The molecule has 0 rings (SSSR count). The minimum Gasteiger partial charge on any atom is -0.462 e. The van der Waals surface area contributed by atoms with Crippen molar-refractivity contribution in [1.29, 1.82) is 0 Å². The third-order valence-corrected chi connectivity index (χ3v) is 8.80. The predicted molar refractivity (Wildman–Crippen MR) is 255 cm³/mol. The summed E-state index contributed by atoms with van der Waals surface area (Å²) in [4.78, 5) is 37.7. The van der Waals surface area contributed by atoms with Gasteiger partial charge in [-0.05, 0) is 70.6 Å². The highest BCUT2D eigenvalue weighted by atomic mass is 16.6. The second-order valence-corrected chi connectivity index (χ2v) is 14.4. The number of hydrogen-bond acceptors (Lipinski definition) is 6. The van der Waals surface area contributed by atoms with Gasteiger partial charge in [0.1, 0.15) is 13.2 Å². The maximum atomic E-state index is 12.7. The Balaban J connectivity index is 4.55. The number of esters is 3. The van der Waals surface area contributed by atoms with E-state index < -0.39 is 12.1 Å². The highest BCUT2D eigenvalue weighted by Crippen LogP contribution is 2.11. The molecule has 332 valence electrons. The molecule has 0 aliphatic heterocycles. The normalized spacial score (nSPS) is 13.4. The molecule has 0 fully saturated rings. The summed E-state index contributed by atoms with van der Waals surface area (Å²) >= 11 is 0. The molecule has 0 aromatic carbocycles. The van der Waals surface area contributed by atoms with E-state index in [1.54, 1.807) is 6.08 Å². The standard InChI is InChI=1S/C54H80O6/c1-4-7-10-13-16-19-21-23-25-26-27-29-30-32-35-38-41-44-47-53(56)59-50-51(49-58-52(55)46-43-40-37-34-18-15-12-9-6-3)60-54(57)48-45-42-39-36-33-31-28-24-22-20-17-14-11-8-5-2/h8-14,16-29,34,40,43,51H,4-7,15,30-33,35-39,41-42,44-50H2,1-3H3/b11-8-,12-9-,13-10-,17-14-,19-16-,22-20-,23-21-,26-25-,28-24-,29-27-,34-18-,43-40-. The van der Waals surface area contributed by atoms with Crippen LogP contribution in [0.2, 0.25) is 0 Å². The van der Waals surface area contributed by atoms with E-state index in [-0.39, 0.29) is 38.0 Å². The quantitative estimate of drug-likeness (QED) is 0.0203. The zero-order chi connectivity index (χ0) is 43.7. The predicted octanol–water partition coefficient (Wildman–Crippen LogP) is 14.9. The van der Waals surface area contributed by atoms with Crippen LogP contribution in [-0.2, 0) is 28.6 Å². The molecule has 0 N–H and O–H groups in total. The minimum absolute atomic E-state index is 0.116. The molecule has 0 aliphatic rings. The summed E-state index contributed by atoms with van der Waals surface area (Å²) in [6.07, 6.45) is 67.1. The van der Waals surface area contributed by atoms with Gasteiger partial charge in [0.2, 0.25) is 0 Å². The molecule has 0 amide bonds. The van der Waals surface area contributed by atoms with Crippen molar-refractivity contribution < 1.29 is 28.6 Å². The molecule has 0 saturated heterocycles. The van der Waals surface area contributed by atoms with Crippen molar-refractivity contribution in [2.45, 2.75) is 162 Å². The van der Waals surface area contributed by atoms with E-state index in [0.29, 0.717) is 6.42 Å². The van der Waals surface area contributed by atoms with Crippen LogP contribution in [-0.4, -0.2) is 37.2 Å². The molecule has 0 radical (unpaired) electrons. The number of unbranched alkanes of at least 4 members (excludes halogenated alkanes) is 11. The number of rotatable bonds is 38. The first-order valence-corrected chi connectivity index (χ1v) is 23.0. The van der Waals surface area contributed by atoms with Crippen LogP contribution >= 0.6 is 0 Å². The van der Waals surface area contributed by atoms with Crippen molar-refractivity contribution in [3.63, 3.8) is 0 Å². The fourth-order valence-corrected chi connectivity index (χ4v) is 5.42. The summed E-state index contributed by atoms with van der Waals surface area (Å²) in [5.41, 5.74) is 0. The number of carbonyl (C=O) groups is 3. The van der Waals surface area contributed by atoms with Crippen molar-refractivity contribution >= 4 is 17.9 Å². The Morgan fingerprint density at radius 3 is 1.30 bits per heavy atom. The molecular weight excluding hydrogens is 745 g/mol. The van der Waals surface area contributed by atoms with Gasteiger partial charge in [0, 0.05) is 12.8 Å². The molecule has 6 heteroatoms. The van der Waals surface area contributed by atoms with Crippen molar-refractivity contribution in [3.8, 4) is 0 Å². The fraction of sp³-hybridized carbons (Fsp3) is 0.500. The Kier molecular flexibility index (Phi) is 43.3. The van der Waals surface area contributed by atoms with Gasteiger partial charge in [0.15, 0.2) is 6.10 Å². The lowest BCUT2D eigenvalue weighted by molar-refractivity contribution is -0.166. The smallest absolute Gasteiger partial charge is 0.309 e. The molecule has 0 bridgehead atoms. The van der Waals surface area contributed by atoms with Crippen molar-refractivity contribution in [2.24, 2.45) is 0 Å². The summed E-state index contributed by atoms with van der Waals surface area (Å²) in [5, 5.41) is 0. The van der Waals surface area contributed by atoms with Crippen LogP contribution in [0.4, 0.5) is 0 Å². The topological polar surface area (TPSA) is 78.9 Å². The Morgan fingerprint density at radius 2 is 0.783 bits per heavy atom. The van der Waals surface area contributed by atoms with E-state index in [1.807, 2.05) is 72.9 Å². The molecule has 0 saturated carbocycles. The summed E-state index contributed by atoms with van der Waals surface area (Å²) in [5.74, 6) is -1.13. The van der Waals surface area contributed by atoms with E-state index in [2.05, 4.69) is 87.6 Å². The minimum atomic E-state index is -0.842. The van der Waals surface area contributed by atoms with Gasteiger partial charge in [0.25, 0.3) is 0 Å². The lowest BCUT2D eigenvalue weighted by Gasteiger charge is -2.18. The van der Waals surface area contributed by atoms with Gasteiger partial charge in [-0.15, -0.1) is 0 Å². The first-order chi connectivity index (χ1) is 29.5. The molecule has 0 aromatic rings. The van der Waals surface area contributed by atoms with E-state index >= 15 is 0 Å². The maximum Gasteiger partial charge on any atom is 0.309 e. The van der Waals surface area contributed by atoms with Gasteiger partial charge >= 0.3 is 17.9 Å². The van der Waals surface area contributed by atoms with Gasteiger partial charge in [0.05, 0.1) is 6.42 Å². The summed E-state index contributed by atoms with van der Waals surface area (Å²) in [7, 11) is 0. The lowest BCUT2D eigenvalue weighted by atomic mass is 10.1. The van der Waals surface area contributed by atoms with E-state index in [9.17, 15) is 14.4 Å². The maximum absolute atomic E-state index is 12.7. The second-order valence-electron chi connectivity index (χ2n) is 14.4. The monoisotopic (exact) mass is 825 g/mol. The second kappa shape index (κ2) is 47.0. The van der Waals surface area contributed by atoms with Crippen LogP contribution in [0.5, 0.6) is 0 Å². The molecule has 1 unspecified atom stereocenters. The first-order valence-electron chi connectivity index (χ1n) is 23.0. The van der Waals surface area contributed by atoms with Crippen LogP contribution < -0.4 is 0 Å². The number of carbonyl (C=O) groups excluding carboxylic acids is 3. The number of ether oxygens (including phenoxy) is 3. The third kappa shape index (κ3) is 44.4. The van der Waals surface area contributed by atoms with E-state index in [0.717, 1.165) is 109 Å². The van der Waals surface area contributed by atoms with Crippen molar-refractivity contribution in [2.75, 3.05) is 13.2 Å². The van der Waals surface area contributed by atoms with Crippen molar-refractivity contribution in [1.82, 2.24) is 0 Å². The van der Waals surface area contributed by atoms with E-state index in [1.165, 1.54) is 6.42 Å². The SMILES string of the molecule is CC\C=C/C=C\C=C/C=C\CCCCCCCC(=O)OC(COC(=O)C/C=C\C/C=C\C/C=C\CC)COC(=O)CCCCCCC\C=C/C=C\C=C/C=C\C=C/CCC. The third-order valence-electron chi connectivity index (χ3n) is 8.80. The molecular formula is C54H80O6. The molecule has 60 heavy (non-hydrogen) atoms. The lowest BCUT2D eigenvalue weighted by Crippen LogP contribution is -2.30. The Hall–Kier alpha value is -4.71. The van der Waals surface area contributed by atoms with E-state index in [4.69, 9.17) is 14.2 Å². The number of allylic oxidation sites excluding steroid dienone is 23. The van der Waals surface area contributed by atoms with Crippen LogP contribution in [0.3, 0.4) is 0 Å². The molecule has 0 heterocycles. The van der Waals surface area contributed by atoms with Gasteiger partial charge in [-0.25, -0.2) is 0 Å². The first kappa shape index (κ1) is 55.3. The average Bonchev–Trinajstić information content (AvgIpc) is 3.24. The van der Waals surface area contributed by atoms with Gasteiger partial charge < -0.3 is 14.2 Å². The molecule has 0 aliphatic carbocycles. The van der Waals surface area contributed by atoms with Crippen LogP contribution in [0, 0.1) is 0 Å². The zero-order valence-corrected chi connectivity index (χ0v) is 37.6. The van der Waals surface area contributed by atoms with Gasteiger partial charge in [-0.2, -0.15) is 0 Å². The molecule has 1 atom stereocenters. The van der Waals surface area contributed by atoms with Gasteiger partial charge in [-0.1, -0.05) is 212 Å². The molecule has 6 nitrogen and oxygen atoms in total. The average molecular weight is 825 g/mol. The highest BCUT2D eigenvalue weighted by Gasteiger charge is 2.19. The van der Waals surface area contributed by atoms with Crippen LogP contribution in [0.15, 0.2) is 146 Å². The Labute approximate surface area is 366 Å². The summed E-state index contributed by atoms with van der Waals surface area (Å²) < 4.78 is 16.6. The fourth-order valence-electron chi connectivity index (χ4n) is 5.42. The summed E-state index contributed by atoms with van der Waals surface area (Å²) in [6.45, 7) is 6.11. The number of hydrogen-bond donors (Lipinski definition) is 0. The largest absolute Gasteiger partial charge is 0.462 e. The highest BCUT2D eigenvalue weighted by molar-refractivity contribution is 5.72. The van der Waals surface area contributed by atoms with Crippen LogP contribution in [0.25, 0.3) is 0 Å². The van der Waals surface area contributed by atoms with Crippen molar-refractivity contribution in [3.05, 3.63) is 146 Å². The zero-order valence-electron chi connectivity index (χ0n) is 37.6. The Bertz CT molecular complexity index is 1410. The summed E-state index contributed by atoms with van der Waals surface area (Å²) in [6, 6.07) is 0.